The van der Waals surface area contributed by atoms with Gasteiger partial charge in [0.25, 0.3) is 0 Å². The number of aliphatic carboxylic acids is 1. The molecule has 2 aliphatic heterocycles. The summed E-state index contributed by atoms with van der Waals surface area (Å²) in [5, 5.41) is 46.2. The fourth-order valence-electron chi connectivity index (χ4n) is 16.8. The quantitative estimate of drug-likeness (QED) is 0.0122. The number of hydrogen-bond acceptors (Lipinski definition) is 21. The summed E-state index contributed by atoms with van der Waals surface area (Å²) in [6.07, 6.45) is 3.33. The molecule has 8 amide bonds. The smallest absolute Gasteiger partial charge is 0.410 e. The van der Waals surface area contributed by atoms with E-state index >= 15 is 19.2 Å². The zero-order chi connectivity index (χ0) is 94.5. The Hall–Kier alpha value is -14.3. The Bertz CT molecular complexity index is 5850. The van der Waals surface area contributed by atoms with E-state index in [1.165, 1.54) is 46.3 Å². The molecule has 2 saturated heterocycles. The summed E-state index contributed by atoms with van der Waals surface area (Å²) in [6.45, 7) is 21.0. The number of nitrogens with zero attached hydrogens (tertiary/aromatic N) is 9. The van der Waals surface area contributed by atoms with Crippen LogP contribution in [0.5, 0.6) is 11.5 Å². The summed E-state index contributed by atoms with van der Waals surface area (Å²) in [5.41, 5.74) is 5.12. The Labute approximate surface area is 765 Å². The molecule has 0 unspecified atom stereocenters. The molecule has 32 heteroatoms. The minimum Gasteiger partial charge on any atom is -0.487 e. The number of carbonyl (C=O) groups excluding carboxylic acids is 10. The van der Waals surface area contributed by atoms with Crippen LogP contribution in [0.3, 0.4) is 0 Å². The lowest BCUT2D eigenvalue weighted by Crippen LogP contribution is -2.61. The van der Waals surface area contributed by atoms with Crippen molar-refractivity contribution < 1.29 is 86.3 Å². The number of rotatable bonds is 35. The van der Waals surface area contributed by atoms with E-state index < -0.39 is 136 Å². The van der Waals surface area contributed by atoms with Gasteiger partial charge in [0.1, 0.15) is 103 Å². The highest BCUT2D eigenvalue weighted by Gasteiger charge is 2.50. The summed E-state index contributed by atoms with van der Waals surface area (Å²) in [5.74, 6) is -6.03. The van der Waals surface area contributed by atoms with Crippen LogP contribution < -0.4 is 36.1 Å². The Kier molecular flexibility index (Phi) is 30.0. The number of carbonyl (C=O) groups is 11. The molecule has 4 heterocycles. The number of benzene rings is 8. The van der Waals surface area contributed by atoms with Gasteiger partial charge in [-0.3, -0.25) is 33.7 Å². The summed E-state index contributed by atoms with van der Waals surface area (Å²) in [6, 6.07) is 44.1. The highest BCUT2D eigenvalue weighted by Crippen LogP contribution is 2.45. The Balaban J connectivity index is 0.683. The van der Waals surface area contributed by atoms with E-state index in [-0.39, 0.29) is 96.3 Å². The molecule has 132 heavy (non-hydrogen) atoms. The van der Waals surface area contributed by atoms with Gasteiger partial charge < -0.3 is 69.9 Å². The zero-order valence-corrected chi connectivity index (χ0v) is 76.2. The van der Waals surface area contributed by atoms with Gasteiger partial charge in [-0.05, 0) is 142 Å². The van der Waals surface area contributed by atoms with Crippen LogP contribution in [0, 0.1) is 10.8 Å². The molecule has 0 saturated carbocycles. The van der Waals surface area contributed by atoms with Crippen molar-refractivity contribution in [2.45, 2.75) is 199 Å². The van der Waals surface area contributed by atoms with Crippen LogP contribution in [0.1, 0.15) is 151 Å². The normalized spacial score (nSPS) is 16.8. The second kappa shape index (κ2) is 41.6. The number of alkyl carbamates (subject to hydrolysis) is 1. The summed E-state index contributed by atoms with van der Waals surface area (Å²) < 4.78 is 37.4. The maximum atomic E-state index is 15.5. The largest absolute Gasteiger partial charge is 0.487 e. The minimum atomic E-state index is -1.45. The van der Waals surface area contributed by atoms with E-state index in [2.05, 4.69) is 53.8 Å². The number of hydrogen-bond donors (Lipinski definition) is 6. The van der Waals surface area contributed by atoms with E-state index in [1.54, 1.807) is 109 Å². The summed E-state index contributed by atoms with van der Waals surface area (Å²) in [4.78, 5) is 161. The number of esters is 2. The molecule has 32 nitrogen and oxygen atoms in total. The average Bonchev–Trinajstić information content (AvgIpc) is 1.62. The first-order valence-electron chi connectivity index (χ1n) is 44.1. The van der Waals surface area contributed by atoms with Crippen LogP contribution in [0.2, 0.25) is 0 Å². The number of ether oxygens (including phenoxy) is 6. The first kappa shape index (κ1) is 95.3. The van der Waals surface area contributed by atoms with E-state index in [1.807, 2.05) is 148 Å². The molecular formula is C100H114N14O18. The molecule has 13 rings (SSSR count). The molecule has 2 fully saturated rings. The number of likely N-dealkylation sites (tertiary alicyclic amines) is 2. The van der Waals surface area contributed by atoms with Gasteiger partial charge in [0.15, 0.2) is 0 Å². The Morgan fingerprint density at radius 3 is 1.48 bits per heavy atom. The van der Waals surface area contributed by atoms with Crippen molar-refractivity contribution in [1.82, 2.24) is 71.3 Å². The van der Waals surface area contributed by atoms with E-state index in [0.29, 0.717) is 45.1 Å². The molecule has 6 N–H and O–H groups in total. The number of methoxy groups -OCH3 is 1. The fraction of sp³-hybridized carbons (Fsp3) is 0.390. The lowest BCUT2D eigenvalue weighted by atomic mass is 9.85. The van der Waals surface area contributed by atoms with Crippen LogP contribution in [0.15, 0.2) is 207 Å². The molecule has 0 bridgehead atoms. The molecule has 0 radical (unpaired) electrons. The van der Waals surface area contributed by atoms with E-state index in [4.69, 9.17) is 28.4 Å². The van der Waals surface area contributed by atoms with Gasteiger partial charge in [0.2, 0.25) is 35.4 Å². The van der Waals surface area contributed by atoms with Crippen molar-refractivity contribution in [2.75, 3.05) is 40.5 Å². The number of fused-ring (bicyclic) bond motifs is 5. The molecule has 10 aromatic rings. The predicted octanol–water partition coefficient (Wildman–Crippen LogP) is 11.5. The number of nitrogens with one attached hydrogen (secondary N) is 5. The first-order chi connectivity index (χ1) is 63.0. The maximum Gasteiger partial charge on any atom is 0.410 e. The van der Waals surface area contributed by atoms with Crippen molar-refractivity contribution >= 4 is 87.1 Å². The standard InChI is InChI=1S/C100H114N14O18/c1-14-47-128-95(124)81(51-62-35-41-72(42-36-62)130-58-70-56-114(109-107-70)83-44-46-112(92(120)87(99(6,7)8)105-88(116)60(2)110(12)97(126)132-100(9,10)11)86(83)91(119)102-79(93(121)122)53-64-32-38-66-24-16-18-26-68(66)49-64)103-89(117)78(52-63-31-37-65-23-15-17-25-67(65)48-63)101-90(118)85-82(43-45-111(85)84(115)54-98(3,4)5)113-55-69(106-108-113)57-129-71-39-33-61(34-40-71)50-80(94(123)127-13)104-96(125)131-59-77-75-29-21-19-27-73(75)74-28-20-22-30-76(74)77/h14-42,48-49,55-56,60,77-83,85-87H,1,43-47,50-54,57-59H2,2-13H3,(H,101,118)(H,102,119)(H,103,117)(H,104,125)(H,105,116)(H,121,122)/t60-,78-,79-,80-,81-,82+,83+,85-,86-,87+/m0/s1. The molecule has 1 aliphatic carbocycles. The molecular weight excluding hydrogens is 1690 g/mol. The second-order valence-electron chi connectivity index (χ2n) is 36.9. The first-order valence-corrected chi connectivity index (χ1v) is 44.1. The molecule has 3 aliphatic rings. The Morgan fingerprint density at radius 1 is 0.530 bits per heavy atom. The van der Waals surface area contributed by atoms with Crippen LogP contribution in [0.25, 0.3) is 32.7 Å². The molecule has 8 aromatic carbocycles. The summed E-state index contributed by atoms with van der Waals surface area (Å²) in [7, 11) is 2.65. The van der Waals surface area contributed by atoms with E-state index in [9.17, 15) is 38.7 Å². The number of carboxylic acids is 1. The van der Waals surface area contributed by atoms with Gasteiger partial charge in [0, 0.05) is 58.2 Å². The number of likely N-dealkylation sites (N-methyl/N-ethyl adjacent to an activating group) is 1. The number of aromatic nitrogens is 6. The SMILES string of the molecule is C=CCOC(=O)[C@H](Cc1ccc(OCc2cn([C@@H]3CCN(C(=O)[C@@H](NC(=O)[C@H](C)N(C)C(=O)OC(C)(C)C)C(C)(C)C)[C@@H]3C(=O)N[C@@H](Cc3ccc4ccccc4c3)C(=O)O)nn2)cc1)NC(=O)[C@H](Cc1ccc2ccccc2c1)NC(=O)[C@@H]1[C@H](n2cc(COc3ccc(C[C@H](NC(=O)OCC4c5ccccc5-c5ccccc54)C(=O)OC)cc3)nn2)CCN1C(=O)CC(C)(C)C. The zero-order valence-electron chi connectivity index (χ0n) is 76.2. The van der Waals surface area contributed by atoms with Crippen molar-refractivity contribution in [3.63, 3.8) is 0 Å². The van der Waals surface area contributed by atoms with Gasteiger partial charge in [-0.25, -0.2) is 33.3 Å². The predicted molar refractivity (Wildman–Crippen MR) is 490 cm³/mol. The van der Waals surface area contributed by atoms with Crippen molar-refractivity contribution in [3.05, 3.63) is 252 Å². The van der Waals surface area contributed by atoms with Crippen LogP contribution >= 0.6 is 0 Å². The third-order valence-electron chi connectivity index (χ3n) is 23.7. The molecule has 0 spiro atoms. The number of amides is 8. The van der Waals surface area contributed by atoms with Gasteiger partial charge in [-0.2, -0.15) is 0 Å². The second-order valence-corrected chi connectivity index (χ2v) is 36.9. The van der Waals surface area contributed by atoms with Crippen LogP contribution in [-0.2, 0) is 101 Å². The third-order valence-corrected chi connectivity index (χ3v) is 23.7. The highest BCUT2D eigenvalue weighted by atomic mass is 16.6. The minimum absolute atomic E-state index is 0.0327. The van der Waals surface area contributed by atoms with E-state index in [0.717, 1.165) is 48.7 Å². The van der Waals surface area contributed by atoms with Crippen molar-refractivity contribution in [3.8, 4) is 22.6 Å². The molecule has 2 aromatic heterocycles. The van der Waals surface area contributed by atoms with Gasteiger partial charge in [-0.15, -0.1) is 10.2 Å². The van der Waals surface area contributed by atoms with Crippen LogP contribution in [0.4, 0.5) is 9.59 Å². The van der Waals surface area contributed by atoms with Crippen molar-refractivity contribution in [1.29, 1.82) is 0 Å². The van der Waals surface area contributed by atoms with Crippen LogP contribution in [-0.4, -0.2) is 210 Å². The number of carboxylic acid groups (broad SMARTS) is 1. The maximum absolute atomic E-state index is 15.5. The fourth-order valence-corrected chi connectivity index (χ4v) is 16.8. The Morgan fingerprint density at radius 2 is 0.992 bits per heavy atom. The molecule has 10 atom stereocenters. The van der Waals surface area contributed by atoms with Gasteiger partial charge in [0.05, 0.1) is 31.6 Å². The monoisotopic (exact) mass is 1800 g/mol. The highest BCUT2D eigenvalue weighted by molar-refractivity contribution is 5.97. The topological polar surface area (TPSA) is 395 Å². The lowest BCUT2D eigenvalue weighted by molar-refractivity contribution is -0.147. The van der Waals surface area contributed by atoms with Gasteiger partial charge >= 0.3 is 30.1 Å². The average molecular weight is 1800 g/mol. The third kappa shape index (κ3) is 23.8. The van der Waals surface area contributed by atoms with Gasteiger partial charge in [-0.1, -0.05) is 222 Å². The molecule has 692 valence electrons. The van der Waals surface area contributed by atoms with Crippen molar-refractivity contribution in [2.24, 2.45) is 10.8 Å². The summed E-state index contributed by atoms with van der Waals surface area (Å²) >= 11 is 0. The lowest BCUT2D eigenvalue weighted by Gasteiger charge is -2.37.